The van der Waals surface area contributed by atoms with Crippen LogP contribution in [0, 0.1) is 0 Å². The van der Waals surface area contributed by atoms with Crippen LogP contribution < -0.4 is 14.4 Å². The summed E-state index contributed by atoms with van der Waals surface area (Å²) in [6.45, 7) is 3.34. The average molecular weight is 373 g/mol. The molecular formula is C25H27NO2. The molecule has 3 aromatic carbocycles. The van der Waals surface area contributed by atoms with Crippen LogP contribution in [0.25, 0.3) is 0 Å². The fraction of sp³-hybridized carbons (Fsp3) is 0.280. The Hall–Kier alpha value is -2.94. The predicted octanol–water partition coefficient (Wildman–Crippen LogP) is 5.29. The van der Waals surface area contributed by atoms with E-state index in [9.17, 15) is 0 Å². The van der Waals surface area contributed by atoms with Crippen molar-refractivity contribution in [2.24, 2.45) is 0 Å². The maximum Gasteiger partial charge on any atom is 0.119 e. The van der Waals surface area contributed by atoms with E-state index in [2.05, 4.69) is 72.5 Å². The molecule has 0 bridgehead atoms. The molecule has 3 nitrogen and oxygen atoms in total. The smallest absolute Gasteiger partial charge is 0.119 e. The van der Waals surface area contributed by atoms with E-state index < -0.39 is 0 Å². The van der Waals surface area contributed by atoms with Crippen LogP contribution in [0.15, 0.2) is 78.9 Å². The van der Waals surface area contributed by atoms with Gasteiger partial charge in [-0.05, 0) is 60.9 Å². The molecule has 144 valence electrons. The van der Waals surface area contributed by atoms with Crippen LogP contribution in [0.4, 0.5) is 5.69 Å². The maximum atomic E-state index is 5.54. The number of nitrogens with zero attached hydrogens (tertiary/aromatic N) is 1. The minimum absolute atomic E-state index is 0.0876. The molecule has 4 rings (SSSR count). The first kappa shape index (κ1) is 18.4. The number of hydrogen-bond donors (Lipinski definition) is 0. The molecule has 3 heteroatoms. The molecule has 1 aliphatic rings. The van der Waals surface area contributed by atoms with E-state index in [1.54, 1.807) is 14.2 Å². The van der Waals surface area contributed by atoms with Crippen LogP contribution in [-0.2, 0) is 5.41 Å². The second-order valence-corrected chi connectivity index (χ2v) is 7.39. The first-order valence-electron chi connectivity index (χ1n) is 9.80. The van der Waals surface area contributed by atoms with Crippen LogP contribution in [0.1, 0.15) is 24.5 Å². The summed E-state index contributed by atoms with van der Waals surface area (Å²) < 4.78 is 10.9. The molecule has 3 aromatic rings. The standard InChI is InChI=1S/C25H27NO2/c1-19-25(20-8-5-4-6-9-20,21-10-7-11-24(18-21)28-3)16-17-26(19)22-12-14-23(27-2)15-13-22/h4-15,18-19H,16-17H2,1-3H3/t19-,25+/m1/s1. The monoisotopic (exact) mass is 373 g/mol. The molecule has 2 atom stereocenters. The minimum atomic E-state index is -0.0876. The summed E-state index contributed by atoms with van der Waals surface area (Å²) in [7, 11) is 3.44. The zero-order valence-corrected chi connectivity index (χ0v) is 16.8. The fourth-order valence-electron chi connectivity index (χ4n) is 4.67. The quantitative estimate of drug-likeness (QED) is 0.607. The largest absolute Gasteiger partial charge is 0.497 e. The molecule has 1 saturated heterocycles. The van der Waals surface area contributed by atoms with Gasteiger partial charge in [-0.1, -0.05) is 42.5 Å². The van der Waals surface area contributed by atoms with Gasteiger partial charge in [0, 0.05) is 23.7 Å². The molecule has 0 aliphatic carbocycles. The Morgan fingerprint density at radius 1 is 0.786 bits per heavy atom. The first-order valence-corrected chi connectivity index (χ1v) is 9.80. The van der Waals surface area contributed by atoms with Gasteiger partial charge in [-0.25, -0.2) is 0 Å². The lowest BCUT2D eigenvalue weighted by molar-refractivity contribution is 0.410. The molecule has 0 N–H and O–H groups in total. The van der Waals surface area contributed by atoms with Gasteiger partial charge in [0.25, 0.3) is 0 Å². The second-order valence-electron chi connectivity index (χ2n) is 7.39. The van der Waals surface area contributed by atoms with Crippen molar-refractivity contribution in [2.75, 3.05) is 25.7 Å². The van der Waals surface area contributed by atoms with Crippen molar-refractivity contribution in [1.29, 1.82) is 0 Å². The summed E-state index contributed by atoms with van der Waals surface area (Å²) in [5, 5.41) is 0. The summed E-state index contributed by atoms with van der Waals surface area (Å²) >= 11 is 0. The zero-order valence-electron chi connectivity index (χ0n) is 16.8. The SMILES string of the molecule is COc1ccc(N2CC[C@](c3ccccc3)(c3cccc(OC)c3)[C@H]2C)cc1. The maximum absolute atomic E-state index is 5.54. The molecule has 0 aromatic heterocycles. The molecular weight excluding hydrogens is 346 g/mol. The third-order valence-corrected chi connectivity index (χ3v) is 6.21. The molecule has 0 unspecified atom stereocenters. The fourth-order valence-corrected chi connectivity index (χ4v) is 4.67. The lowest BCUT2D eigenvalue weighted by atomic mass is 9.69. The predicted molar refractivity (Wildman–Crippen MR) is 115 cm³/mol. The zero-order chi connectivity index (χ0) is 19.6. The van der Waals surface area contributed by atoms with E-state index in [0.717, 1.165) is 24.5 Å². The van der Waals surface area contributed by atoms with Gasteiger partial charge < -0.3 is 14.4 Å². The van der Waals surface area contributed by atoms with Crippen molar-refractivity contribution in [1.82, 2.24) is 0 Å². The highest BCUT2D eigenvalue weighted by Gasteiger charge is 2.47. The van der Waals surface area contributed by atoms with Crippen molar-refractivity contribution >= 4 is 5.69 Å². The Bertz CT molecular complexity index is 923. The van der Waals surface area contributed by atoms with Crippen molar-refractivity contribution in [2.45, 2.75) is 24.8 Å². The van der Waals surface area contributed by atoms with Crippen molar-refractivity contribution < 1.29 is 9.47 Å². The van der Waals surface area contributed by atoms with Crippen LogP contribution in [-0.4, -0.2) is 26.8 Å². The summed E-state index contributed by atoms with van der Waals surface area (Å²) in [6.07, 6.45) is 1.05. The molecule has 1 fully saturated rings. The Labute approximate surface area is 167 Å². The number of ether oxygens (including phenoxy) is 2. The van der Waals surface area contributed by atoms with Crippen molar-refractivity contribution in [3.8, 4) is 11.5 Å². The summed E-state index contributed by atoms with van der Waals surface area (Å²) in [5.41, 5.74) is 3.80. The molecule has 0 spiro atoms. The molecule has 0 amide bonds. The van der Waals surface area contributed by atoms with Gasteiger partial charge in [-0.15, -0.1) is 0 Å². The van der Waals surface area contributed by atoms with Gasteiger partial charge in [0.1, 0.15) is 11.5 Å². The van der Waals surface area contributed by atoms with Gasteiger partial charge in [0.15, 0.2) is 0 Å². The normalized spacial score (nSPS) is 21.5. The summed E-state index contributed by atoms with van der Waals surface area (Å²) in [6, 6.07) is 28.1. The molecule has 28 heavy (non-hydrogen) atoms. The topological polar surface area (TPSA) is 21.7 Å². The van der Waals surface area contributed by atoms with Crippen LogP contribution in [0.3, 0.4) is 0 Å². The highest BCUT2D eigenvalue weighted by atomic mass is 16.5. The van der Waals surface area contributed by atoms with Gasteiger partial charge >= 0.3 is 0 Å². The highest BCUT2D eigenvalue weighted by Crippen LogP contribution is 2.47. The lowest BCUT2D eigenvalue weighted by Crippen LogP contribution is -2.41. The molecule has 1 heterocycles. The van der Waals surface area contributed by atoms with Crippen molar-refractivity contribution in [3.05, 3.63) is 90.0 Å². The van der Waals surface area contributed by atoms with Gasteiger partial charge in [-0.2, -0.15) is 0 Å². The third kappa shape index (κ3) is 3.01. The van der Waals surface area contributed by atoms with E-state index in [4.69, 9.17) is 9.47 Å². The number of rotatable bonds is 5. The summed E-state index contributed by atoms with van der Waals surface area (Å²) in [5.74, 6) is 1.79. The molecule has 1 aliphatic heterocycles. The number of benzene rings is 3. The second kappa shape index (κ2) is 7.59. The van der Waals surface area contributed by atoms with E-state index in [1.807, 2.05) is 18.2 Å². The molecule has 0 radical (unpaired) electrons. The van der Waals surface area contributed by atoms with Crippen LogP contribution in [0.5, 0.6) is 11.5 Å². The first-order chi connectivity index (χ1) is 13.7. The Morgan fingerprint density at radius 2 is 1.46 bits per heavy atom. The third-order valence-electron chi connectivity index (χ3n) is 6.21. The van der Waals surface area contributed by atoms with E-state index in [0.29, 0.717) is 6.04 Å². The lowest BCUT2D eigenvalue weighted by Gasteiger charge is -2.38. The van der Waals surface area contributed by atoms with Crippen LogP contribution >= 0.6 is 0 Å². The van der Waals surface area contributed by atoms with E-state index in [-0.39, 0.29) is 5.41 Å². The molecule has 0 saturated carbocycles. The van der Waals surface area contributed by atoms with Crippen LogP contribution in [0.2, 0.25) is 0 Å². The number of methoxy groups -OCH3 is 2. The van der Waals surface area contributed by atoms with E-state index in [1.165, 1.54) is 16.8 Å². The Balaban J connectivity index is 1.80. The summed E-state index contributed by atoms with van der Waals surface area (Å²) in [4.78, 5) is 2.51. The minimum Gasteiger partial charge on any atom is -0.497 e. The van der Waals surface area contributed by atoms with Gasteiger partial charge in [0.2, 0.25) is 0 Å². The average Bonchev–Trinajstić information content (AvgIpc) is 3.12. The van der Waals surface area contributed by atoms with E-state index >= 15 is 0 Å². The Morgan fingerprint density at radius 3 is 2.14 bits per heavy atom. The van der Waals surface area contributed by atoms with Gasteiger partial charge in [-0.3, -0.25) is 0 Å². The Kier molecular flexibility index (Phi) is 4.99. The number of anilines is 1. The van der Waals surface area contributed by atoms with Gasteiger partial charge in [0.05, 0.1) is 14.2 Å². The number of hydrogen-bond acceptors (Lipinski definition) is 3. The van der Waals surface area contributed by atoms with Crippen molar-refractivity contribution in [3.63, 3.8) is 0 Å². The highest BCUT2D eigenvalue weighted by molar-refractivity contribution is 5.57.